The summed E-state index contributed by atoms with van der Waals surface area (Å²) in [6.07, 6.45) is 2.64. The van der Waals surface area contributed by atoms with Gasteiger partial charge in [-0.2, -0.15) is 4.39 Å². The van der Waals surface area contributed by atoms with Gasteiger partial charge >= 0.3 is 0 Å². The number of amides is 1. The van der Waals surface area contributed by atoms with E-state index in [9.17, 15) is 14.0 Å². The van der Waals surface area contributed by atoms with Crippen molar-refractivity contribution in [2.24, 2.45) is 0 Å². The lowest BCUT2D eigenvalue weighted by Gasteiger charge is -2.36. The van der Waals surface area contributed by atoms with Crippen molar-refractivity contribution in [1.29, 1.82) is 0 Å². The van der Waals surface area contributed by atoms with Crippen molar-refractivity contribution in [2.45, 2.75) is 32.7 Å². The highest BCUT2D eigenvalue weighted by Gasteiger charge is 2.23. The second kappa shape index (κ2) is 10.3. The topological polar surface area (TPSA) is 84.6 Å². The van der Waals surface area contributed by atoms with Crippen LogP contribution in [0.4, 0.5) is 14.5 Å². The van der Waals surface area contributed by atoms with Gasteiger partial charge in [-0.05, 0) is 37.5 Å². The first-order chi connectivity index (χ1) is 17.4. The molecule has 0 bridgehead atoms. The number of aromatic amines is 1. The van der Waals surface area contributed by atoms with Crippen molar-refractivity contribution in [3.63, 3.8) is 0 Å². The van der Waals surface area contributed by atoms with E-state index < -0.39 is 17.7 Å². The number of aromatic nitrogens is 2. The summed E-state index contributed by atoms with van der Waals surface area (Å²) in [4.78, 5) is 35.1. The minimum atomic E-state index is -0.673. The molecule has 2 aliphatic rings. The van der Waals surface area contributed by atoms with E-state index in [1.807, 2.05) is 22.9 Å². The third kappa shape index (κ3) is 4.96. The molecule has 2 N–H and O–H groups in total. The first-order valence-corrected chi connectivity index (χ1v) is 12.5. The minimum absolute atomic E-state index is 0.0534. The molecule has 2 aromatic heterocycles. The molecule has 10 heteroatoms. The molecule has 0 atom stereocenters. The molecule has 36 heavy (non-hydrogen) atoms. The zero-order valence-electron chi connectivity index (χ0n) is 20.3. The van der Waals surface area contributed by atoms with Crippen LogP contribution in [-0.2, 0) is 13.0 Å². The first kappa shape index (κ1) is 24.3. The fourth-order valence-corrected chi connectivity index (χ4v) is 4.92. The first-order valence-electron chi connectivity index (χ1n) is 12.5. The molecule has 3 aromatic rings. The van der Waals surface area contributed by atoms with E-state index in [2.05, 4.69) is 20.3 Å². The van der Waals surface area contributed by atoms with Crippen LogP contribution in [0.15, 0.2) is 35.1 Å². The third-order valence-corrected chi connectivity index (χ3v) is 7.03. The summed E-state index contributed by atoms with van der Waals surface area (Å²) in [5.41, 5.74) is 4.29. The van der Waals surface area contributed by atoms with Gasteiger partial charge in [-0.3, -0.25) is 19.9 Å². The molecule has 1 aromatic carbocycles. The van der Waals surface area contributed by atoms with E-state index in [-0.39, 0.29) is 16.8 Å². The standard InChI is InChI=1S/C26H30F2N6O2/c1-2-17-15-18-5-6-19(22(27)23(18)30-25(17)35)16-32-11-13-33(14-12-32)21-8-7-20(29-24(21)28)26(36)31-34-9-3-4-10-34/h5-8,15H,2-4,9-14,16H2,1H3,(H,30,35)(H,31,36). The Labute approximate surface area is 207 Å². The van der Waals surface area contributed by atoms with Crippen LogP contribution in [0.3, 0.4) is 0 Å². The smallest absolute Gasteiger partial charge is 0.284 e. The number of fused-ring (bicyclic) bond motifs is 1. The van der Waals surface area contributed by atoms with Crippen LogP contribution in [0, 0.1) is 11.8 Å². The van der Waals surface area contributed by atoms with E-state index in [0.717, 1.165) is 25.9 Å². The van der Waals surface area contributed by atoms with Crippen LogP contribution in [0.5, 0.6) is 0 Å². The van der Waals surface area contributed by atoms with Crippen LogP contribution in [0.2, 0.25) is 0 Å². The molecule has 0 aliphatic carbocycles. The average molecular weight is 497 g/mol. The highest BCUT2D eigenvalue weighted by atomic mass is 19.1. The molecule has 0 unspecified atom stereocenters. The zero-order valence-corrected chi connectivity index (χ0v) is 20.3. The Morgan fingerprint density at radius 3 is 2.47 bits per heavy atom. The SMILES string of the molecule is CCc1cc2ccc(CN3CCN(c4ccc(C(=O)NN5CCCC5)nc4F)CC3)c(F)c2[nH]c1=O. The Balaban J connectivity index is 1.22. The number of aryl methyl sites for hydroxylation is 1. The number of nitrogens with one attached hydrogen (secondary N) is 2. The second-order valence-electron chi connectivity index (χ2n) is 9.38. The highest BCUT2D eigenvalue weighted by molar-refractivity contribution is 5.92. The predicted molar refractivity (Wildman–Crippen MR) is 134 cm³/mol. The number of benzene rings is 1. The van der Waals surface area contributed by atoms with Crippen LogP contribution >= 0.6 is 0 Å². The number of pyridine rings is 2. The summed E-state index contributed by atoms with van der Waals surface area (Å²) >= 11 is 0. The molecule has 0 radical (unpaired) electrons. The van der Waals surface area contributed by atoms with Crippen molar-refractivity contribution in [3.05, 3.63) is 69.3 Å². The minimum Gasteiger partial charge on any atom is -0.365 e. The highest BCUT2D eigenvalue weighted by Crippen LogP contribution is 2.23. The molecule has 1 amide bonds. The number of carbonyl (C=O) groups excluding carboxylic acids is 1. The van der Waals surface area contributed by atoms with Gasteiger partial charge in [0.25, 0.3) is 11.5 Å². The van der Waals surface area contributed by atoms with E-state index in [4.69, 9.17) is 0 Å². The van der Waals surface area contributed by atoms with Gasteiger partial charge in [0.2, 0.25) is 5.95 Å². The number of hydrogen-bond acceptors (Lipinski definition) is 6. The quantitative estimate of drug-likeness (QED) is 0.511. The van der Waals surface area contributed by atoms with E-state index >= 15 is 4.39 Å². The normalized spacial score (nSPS) is 17.1. The number of H-pyrrole nitrogens is 1. The number of hydrogen-bond donors (Lipinski definition) is 2. The number of halogens is 2. The monoisotopic (exact) mass is 496 g/mol. The largest absolute Gasteiger partial charge is 0.365 e. The maximum absolute atomic E-state index is 15.2. The van der Waals surface area contributed by atoms with Crippen molar-refractivity contribution in [2.75, 3.05) is 44.2 Å². The van der Waals surface area contributed by atoms with Crippen LogP contribution in [-0.4, -0.2) is 65.1 Å². The van der Waals surface area contributed by atoms with Crippen LogP contribution in [0.1, 0.15) is 41.4 Å². The predicted octanol–water partition coefficient (Wildman–Crippen LogP) is 2.83. The Morgan fingerprint density at radius 2 is 1.78 bits per heavy atom. The molecule has 5 rings (SSSR count). The molecule has 2 aliphatic heterocycles. The van der Waals surface area contributed by atoms with Gasteiger partial charge in [0.15, 0.2) is 5.82 Å². The maximum atomic E-state index is 15.2. The van der Waals surface area contributed by atoms with Gasteiger partial charge < -0.3 is 9.88 Å². The fraction of sp³-hybridized carbons (Fsp3) is 0.423. The van der Waals surface area contributed by atoms with E-state index in [0.29, 0.717) is 61.3 Å². The van der Waals surface area contributed by atoms with Gasteiger partial charge in [0.1, 0.15) is 5.69 Å². The number of piperazine rings is 1. The molecular weight excluding hydrogens is 466 g/mol. The lowest BCUT2D eigenvalue weighted by Crippen LogP contribution is -2.46. The summed E-state index contributed by atoms with van der Waals surface area (Å²) in [7, 11) is 0. The lowest BCUT2D eigenvalue weighted by molar-refractivity contribution is 0.0819. The fourth-order valence-electron chi connectivity index (χ4n) is 4.92. The number of hydrazine groups is 1. The van der Waals surface area contributed by atoms with E-state index in [1.165, 1.54) is 0 Å². The van der Waals surface area contributed by atoms with Crippen molar-refractivity contribution in [3.8, 4) is 0 Å². The van der Waals surface area contributed by atoms with Gasteiger partial charge in [-0.15, -0.1) is 0 Å². The molecule has 8 nitrogen and oxygen atoms in total. The molecule has 2 fully saturated rings. The third-order valence-electron chi connectivity index (χ3n) is 7.03. The molecule has 0 saturated carbocycles. The summed E-state index contributed by atoms with van der Waals surface area (Å²) in [5.74, 6) is -1.49. The summed E-state index contributed by atoms with van der Waals surface area (Å²) in [6, 6.07) is 8.48. The molecule has 190 valence electrons. The maximum Gasteiger partial charge on any atom is 0.284 e. The Morgan fingerprint density at radius 1 is 1.03 bits per heavy atom. The number of anilines is 1. The van der Waals surface area contributed by atoms with Gasteiger partial charge in [0, 0.05) is 62.3 Å². The Hall–Kier alpha value is -3.37. The summed E-state index contributed by atoms with van der Waals surface area (Å²) < 4.78 is 30.0. The second-order valence-corrected chi connectivity index (χ2v) is 9.38. The number of rotatable bonds is 6. The molecule has 4 heterocycles. The Kier molecular flexibility index (Phi) is 6.97. The van der Waals surface area contributed by atoms with Crippen LogP contribution < -0.4 is 15.9 Å². The van der Waals surface area contributed by atoms with Crippen molar-refractivity contribution in [1.82, 2.24) is 25.3 Å². The van der Waals surface area contributed by atoms with Crippen LogP contribution in [0.25, 0.3) is 10.9 Å². The zero-order chi connectivity index (χ0) is 25.2. The van der Waals surface area contributed by atoms with Crippen molar-refractivity contribution < 1.29 is 13.6 Å². The summed E-state index contributed by atoms with van der Waals surface area (Å²) in [5, 5.41) is 2.51. The number of carbonyl (C=O) groups is 1. The molecular formula is C26H30F2N6O2. The van der Waals surface area contributed by atoms with Crippen molar-refractivity contribution >= 4 is 22.5 Å². The van der Waals surface area contributed by atoms with Gasteiger partial charge in [-0.25, -0.2) is 14.4 Å². The lowest BCUT2D eigenvalue weighted by atomic mass is 10.1. The Bertz CT molecular complexity index is 1330. The average Bonchev–Trinajstić information content (AvgIpc) is 3.39. The molecule has 2 saturated heterocycles. The van der Waals surface area contributed by atoms with Gasteiger partial charge in [-0.1, -0.05) is 19.1 Å². The molecule has 0 spiro atoms. The summed E-state index contributed by atoms with van der Waals surface area (Å²) in [6.45, 7) is 6.17. The van der Waals surface area contributed by atoms with E-state index in [1.54, 1.807) is 24.3 Å². The number of nitrogens with zero attached hydrogens (tertiary/aromatic N) is 4. The van der Waals surface area contributed by atoms with Gasteiger partial charge in [0.05, 0.1) is 11.2 Å².